The highest BCUT2D eigenvalue weighted by molar-refractivity contribution is 5.94. The van der Waals surface area contributed by atoms with Crippen LogP contribution in [0.3, 0.4) is 0 Å². The van der Waals surface area contributed by atoms with Gasteiger partial charge < -0.3 is 14.4 Å². The van der Waals surface area contributed by atoms with Crippen molar-refractivity contribution in [2.75, 3.05) is 32.7 Å². The Bertz CT molecular complexity index is 1130. The van der Waals surface area contributed by atoms with Crippen molar-refractivity contribution >= 4 is 16.9 Å². The van der Waals surface area contributed by atoms with Crippen molar-refractivity contribution in [1.29, 1.82) is 0 Å². The number of fused-ring (bicyclic) bond motifs is 1. The summed E-state index contributed by atoms with van der Waals surface area (Å²) in [7, 11) is 0. The molecule has 1 aliphatic rings. The zero-order chi connectivity index (χ0) is 22.0. The highest BCUT2D eigenvalue weighted by Crippen LogP contribution is 2.20. The Labute approximate surface area is 183 Å². The van der Waals surface area contributed by atoms with Gasteiger partial charge in [0, 0.05) is 43.9 Å². The largest absolute Gasteiger partial charge is 0.336 e. The summed E-state index contributed by atoms with van der Waals surface area (Å²) in [4.78, 5) is 35.1. The van der Waals surface area contributed by atoms with Crippen molar-refractivity contribution < 1.29 is 4.79 Å². The van der Waals surface area contributed by atoms with Gasteiger partial charge in [-0.15, -0.1) is 0 Å². The number of para-hydroxylation sites is 2. The second-order valence-corrected chi connectivity index (χ2v) is 8.56. The first-order valence-corrected chi connectivity index (χ1v) is 11.1. The van der Waals surface area contributed by atoms with Crippen LogP contribution in [0, 0.1) is 5.92 Å². The number of carbonyl (C=O) groups excluding carboxylic acids is 1. The lowest BCUT2D eigenvalue weighted by Crippen LogP contribution is -2.48. The van der Waals surface area contributed by atoms with Crippen LogP contribution < -0.4 is 5.56 Å². The Hall–Kier alpha value is -2.99. The Morgan fingerprint density at radius 3 is 2.32 bits per heavy atom. The molecule has 0 bridgehead atoms. The second kappa shape index (κ2) is 9.02. The van der Waals surface area contributed by atoms with E-state index in [2.05, 4.69) is 30.7 Å². The van der Waals surface area contributed by atoms with Gasteiger partial charge in [0.05, 0.1) is 11.0 Å². The van der Waals surface area contributed by atoms with Crippen LogP contribution in [0.1, 0.15) is 31.1 Å². The Morgan fingerprint density at radius 2 is 1.68 bits per heavy atom. The first kappa shape index (κ1) is 21.2. The van der Waals surface area contributed by atoms with E-state index in [9.17, 15) is 9.59 Å². The number of rotatable bonds is 5. The highest BCUT2D eigenvalue weighted by Gasteiger charge is 2.21. The van der Waals surface area contributed by atoms with Crippen molar-refractivity contribution in [3.63, 3.8) is 0 Å². The van der Waals surface area contributed by atoms with Gasteiger partial charge in [0.1, 0.15) is 5.69 Å². The molecule has 0 radical (unpaired) electrons. The topological polar surface area (TPSA) is 58.4 Å². The summed E-state index contributed by atoms with van der Waals surface area (Å²) in [5, 5.41) is 0. The maximum absolute atomic E-state index is 13.3. The number of aromatic nitrogens is 2. The maximum atomic E-state index is 13.3. The van der Waals surface area contributed by atoms with Gasteiger partial charge in [-0.2, -0.15) is 0 Å². The predicted octanol–water partition coefficient (Wildman–Crippen LogP) is 3.50. The number of nitrogens with zero attached hydrogens (tertiary/aromatic N) is 4. The second-order valence-electron chi connectivity index (χ2n) is 8.56. The van der Waals surface area contributed by atoms with E-state index in [1.807, 2.05) is 58.0 Å². The molecule has 31 heavy (non-hydrogen) atoms. The lowest BCUT2D eigenvalue weighted by atomic mass is 10.1. The van der Waals surface area contributed by atoms with Crippen molar-refractivity contribution in [3.05, 3.63) is 64.4 Å². The lowest BCUT2D eigenvalue weighted by molar-refractivity contribution is 0.0643. The molecule has 0 spiro atoms. The summed E-state index contributed by atoms with van der Waals surface area (Å²) in [5.74, 6) is 0.385. The minimum absolute atomic E-state index is 0.0472. The van der Waals surface area contributed by atoms with Gasteiger partial charge >= 0.3 is 0 Å². The third-order valence-electron chi connectivity index (χ3n) is 5.91. The molecule has 1 aromatic heterocycles. The highest BCUT2D eigenvalue weighted by atomic mass is 16.2. The summed E-state index contributed by atoms with van der Waals surface area (Å²) in [5.41, 5.74) is 3.37. The number of hydrogen-bond acceptors (Lipinski definition) is 4. The van der Waals surface area contributed by atoms with E-state index in [1.54, 1.807) is 0 Å². The molecule has 1 fully saturated rings. The molecule has 0 aliphatic carbocycles. The Kier molecular flexibility index (Phi) is 6.18. The fourth-order valence-corrected chi connectivity index (χ4v) is 4.15. The zero-order valence-corrected chi connectivity index (χ0v) is 18.5. The molecule has 4 rings (SSSR count). The molecule has 2 aromatic carbocycles. The number of hydrogen-bond donors (Lipinski definition) is 0. The number of amides is 1. The van der Waals surface area contributed by atoms with Gasteiger partial charge in [0.15, 0.2) is 0 Å². The SMILES string of the molecule is CCN1CCN(C(=O)c2ccc(-c3nc4ccccc4n(CC(C)C)c3=O)cc2)CC1. The number of likely N-dealkylation sites (N-methyl/N-ethyl adjacent to an activating group) is 1. The van der Waals surface area contributed by atoms with E-state index in [0.29, 0.717) is 23.7 Å². The molecule has 0 saturated carbocycles. The van der Waals surface area contributed by atoms with Gasteiger partial charge in [-0.25, -0.2) is 4.98 Å². The molecular formula is C25H30N4O2. The summed E-state index contributed by atoms with van der Waals surface area (Å²) in [6.07, 6.45) is 0. The summed E-state index contributed by atoms with van der Waals surface area (Å²) in [6.45, 7) is 11.3. The molecule has 0 unspecified atom stereocenters. The van der Waals surface area contributed by atoms with Crippen LogP contribution in [0.25, 0.3) is 22.3 Å². The van der Waals surface area contributed by atoms with E-state index < -0.39 is 0 Å². The average Bonchev–Trinajstić information content (AvgIpc) is 2.80. The van der Waals surface area contributed by atoms with Crippen LogP contribution in [-0.2, 0) is 6.54 Å². The molecule has 1 amide bonds. The molecule has 162 valence electrons. The van der Waals surface area contributed by atoms with E-state index in [0.717, 1.165) is 49.3 Å². The zero-order valence-electron chi connectivity index (χ0n) is 18.5. The van der Waals surface area contributed by atoms with Crippen LogP contribution in [0.4, 0.5) is 0 Å². The molecule has 6 heteroatoms. The number of benzene rings is 2. The fraction of sp³-hybridized carbons (Fsp3) is 0.400. The van der Waals surface area contributed by atoms with E-state index in [4.69, 9.17) is 0 Å². The summed E-state index contributed by atoms with van der Waals surface area (Å²) >= 11 is 0. The van der Waals surface area contributed by atoms with E-state index in [-0.39, 0.29) is 11.5 Å². The third kappa shape index (κ3) is 4.39. The first-order valence-electron chi connectivity index (χ1n) is 11.1. The molecule has 0 atom stereocenters. The lowest BCUT2D eigenvalue weighted by Gasteiger charge is -2.34. The molecule has 3 aromatic rings. The molecule has 1 saturated heterocycles. The van der Waals surface area contributed by atoms with Crippen LogP contribution in [0.2, 0.25) is 0 Å². The average molecular weight is 419 g/mol. The standard InChI is InChI=1S/C25H30N4O2/c1-4-27-13-15-28(16-14-27)24(30)20-11-9-19(10-12-20)23-25(31)29(17-18(2)3)22-8-6-5-7-21(22)26-23/h5-12,18H,4,13-17H2,1-3H3. The predicted molar refractivity (Wildman–Crippen MR) is 124 cm³/mol. The van der Waals surface area contributed by atoms with Crippen molar-refractivity contribution in [2.24, 2.45) is 5.92 Å². The fourth-order valence-electron chi connectivity index (χ4n) is 4.15. The molecule has 1 aliphatic heterocycles. The molecule has 6 nitrogen and oxygen atoms in total. The van der Waals surface area contributed by atoms with Gasteiger partial charge in [-0.1, -0.05) is 45.0 Å². The normalized spacial score (nSPS) is 15.0. The number of piperazine rings is 1. The van der Waals surface area contributed by atoms with E-state index >= 15 is 0 Å². The van der Waals surface area contributed by atoms with Crippen LogP contribution in [0.15, 0.2) is 53.3 Å². The van der Waals surface area contributed by atoms with E-state index in [1.165, 1.54) is 0 Å². The van der Waals surface area contributed by atoms with Crippen molar-refractivity contribution in [2.45, 2.75) is 27.3 Å². The Morgan fingerprint density at radius 1 is 1.00 bits per heavy atom. The maximum Gasteiger partial charge on any atom is 0.277 e. The quantitative estimate of drug-likeness (QED) is 0.636. The Balaban J connectivity index is 1.64. The van der Waals surface area contributed by atoms with Gasteiger partial charge in [-0.05, 0) is 36.7 Å². The number of carbonyl (C=O) groups is 1. The van der Waals surface area contributed by atoms with Crippen LogP contribution in [0.5, 0.6) is 0 Å². The van der Waals surface area contributed by atoms with Crippen molar-refractivity contribution in [3.8, 4) is 11.3 Å². The van der Waals surface area contributed by atoms with Crippen molar-refractivity contribution in [1.82, 2.24) is 19.4 Å². The monoisotopic (exact) mass is 418 g/mol. The molecule has 0 N–H and O–H groups in total. The van der Waals surface area contributed by atoms with Crippen LogP contribution in [-0.4, -0.2) is 58.0 Å². The molecule has 2 heterocycles. The van der Waals surface area contributed by atoms with Crippen LogP contribution >= 0.6 is 0 Å². The molecular weight excluding hydrogens is 388 g/mol. The first-order chi connectivity index (χ1) is 15.0. The third-order valence-corrected chi connectivity index (χ3v) is 5.91. The summed E-state index contributed by atoms with van der Waals surface area (Å²) < 4.78 is 1.81. The minimum atomic E-state index is -0.0952. The van der Waals surface area contributed by atoms with Gasteiger partial charge in [-0.3, -0.25) is 9.59 Å². The van der Waals surface area contributed by atoms with Gasteiger partial charge in [0.25, 0.3) is 11.5 Å². The van der Waals surface area contributed by atoms with Gasteiger partial charge in [0.2, 0.25) is 0 Å². The summed E-state index contributed by atoms with van der Waals surface area (Å²) in [6, 6.07) is 15.0. The minimum Gasteiger partial charge on any atom is -0.336 e. The smallest absolute Gasteiger partial charge is 0.277 e.